The molecule has 72 valence electrons. The van der Waals surface area contributed by atoms with E-state index in [2.05, 4.69) is 23.3 Å². The van der Waals surface area contributed by atoms with Crippen LogP contribution in [0.1, 0.15) is 19.0 Å². The molecule has 0 amide bonds. The molecule has 1 saturated carbocycles. The van der Waals surface area contributed by atoms with Crippen LogP contribution >= 0.6 is 0 Å². The summed E-state index contributed by atoms with van der Waals surface area (Å²) in [5, 5.41) is 12.0. The molecule has 0 spiro atoms. The summed E-state index contributed by atoms with van der Waals surface area (Å²) in [4.78, 5) is 4.11. The first-order valence-corrected chi connectivity index (χ1v) is 4.88. The fraction of sp³-hybridized carbons (Fsp3) is 0.455. The Morgan fingerprint density at radius 3 is 3.14 bits per heavy atom. The van der Waals surface area contributed by atoms with Gasteiger partial charge in [0.05, 0.1) is 18.2 Å². The molecule has 0 bridgehead atoms. The van der Waals surface area contributed by atoms with E-state index in [1.165, 1.54) is 6.42 Å². The van der Waals surface area contributed by atoms with E-state index in [1.807, 2.05) is 12.1 Å². The standard InChI is InChI=1S/C11H13N3/c1-8-6-11(8)14-10-3-5-13-9(7-10)2-4-12/h3,5,7-8,11H,2,6H2,1H3,(H,13,14). The Kier molecular flexibility index (Phi) is 2.36. The van der Waals surface area contributed by atoms with Crippen molar-refractivity contribution in [1.29, 1.82) is 5.26 Å². The van der Waals surface area contributed by atoms with Gasteiger partial charge in [0.1, 0.15) is 0 Å². The minimum atomic E-state index is 0.385. The number of anilines is 1. The highest BCUT2D eigenvalue weighted by Gasteiger charge is 2.32. The van der Waals surface area contributed by atoms with Gasteiger partial charge in [-0.25, -0.2) is 0 Å². The van der Waals surface area contributed by atoms with Crippen molar-refractivity contribution in [3.63, 3.8) is 0 Å². The van der Waals surface area contributed by atoms with Crippen LogP contribution in [0.2, 0.25) is 0 Å². The monoisotopic (exact) mass is 187 g/mol. The lowest BCUT2D eigenvalue weighted by molar-refractivity contribution is 0.928. The normalized spacial score (nSPS) is 24.0. The molecule has 2 unspecified atom stereocenters. The minimum absolute atomic E-state index is 0.385. The van der Waals surface area contributed by atoms with Crippen molar-refractivity contribution in [3.05, 3.63) is 24.0 Å². The number of pyridine rings is 1. The summed E-state index contributed by atoms with van der Waals surface area (Å²) < 4.78 is 0. The van der Waals surface area contributed by atoms with E-state index >= 15 is 0 Å². The third-order valence-electron chi connectivity index (χ3n) is 2.54. The number of hydrogen-bond donors (Lipinski definition) is 1. The van der Waals surface area contributed by atoms with Crippen LogP contribution < -0.4 is 5.32 Å². The number of rotatable bonds is 3. The lowest BCUT2D eigenvalue weighted by Gasteiger charge is -2.05. The highest BCUT2D eigenvalue weighted by Crippen LogP contribution is 2.32. The highest BCUT2D eigenvalue weighted by atomic mass is 15.0. The molecule has 1 aliphatic carbocycles. The average Bonchev–Trinajstić information content (AvgIpc) is 2.83. The van der Waals surface area contributed by atoms with Crippen molar-refractivity contribution in [3.8, 4) is 6.07 Å². The van der Waals surface area contributed by atoms with Gasteiger partial charge < -0.3 is 5.32 Å². The molecule has 1 fully saturated rings. The van der Waals surface area contributed by atoms with Crippen LogP contribution in [0.4, 0.5) is 5.69 Å². The molecule has 3 nitrogen and oxygen atoms in total. The molecule has 2 atom stereocenters. The zero-order valence-corrected chi connectivity index (χ0v) is 8.20. The van der Waals surface area contributed by atoms with Crippen LogP contribution in [-0.2, 0) is 6.42 Å². The predicted molar refractivity (Wildman–Crippen MR) is 54.7 cm³/mol. The van der Waals surface area contributed by atoms with Gasteiger partial charge in [0.2, 0.25) is 0 Å². The lowest BCUT2D eigenvalue weighted by atomic mass is 10.2. The summed E-state index contributed by atoms with van der Waals surface area (Å²) >= 11 is 0. The molecule has 1 N–H and O–H groups in total. The maximum absolute atomic E-state index is 8.54. The summed E-state index contributed by atoms with van der Waals surface area (Å²) in [5.74, 6) is 0.780. The Hall–Kier alpha value is -1.56. The van der Waals surface area contributed by atoms with E-state index in [4.69, 9.17) is 5.26 Å². The van der Waals surface area contributed by atoms with Crippen LogP contribution in [0.5, 0.6) is 0 Å². The van der Waals surface area contributed by atoms with E-state index in [0.717, 1.165) is 17.3 Å². The average molecular weight is 187 g/mol. The van der Waals surface area contributed by atoms with Crippen LogP contribution in [0.15, 0.2) is 18.3 Å². The fourth-order valence-electron chi connectivity index (χ4n) is 1.48. The quantitative estimate of drug-likeness (QED) is 0.787. The summed E-state index contributed by atoms with van der Waals surface area (Å²) in [6.07, 6.45) is 3.38. The van der Waals surface area contributed by atoms with Gasteiger partial charge in [0.25, 0.3) is 0 Å². The zero-order chi connectivity index (χ0) is 9.97. The second-order valence-corrected chi connectivity index (χ2v) is 3.83. The van der Waals surface area contributed by atoms with Gasteiger partial charge in [0, 0.05) is 17.9 Å². The van der Waals surface area contributed by atoms with Crippen LogP contribution in [0, 0.1) is 17.2 Å². The summed E-state index contributed by atoms with van der Waals surface area (Å²) in [6.45, 7) is 2.23. The van der Waals surface area contributed by atoms with E-state index in [1.54, 1.807) is 6.20 Å². The second-order valence-electron chi connectivity index (χ2n) is 3.83. The Labute approximate surface area is 83.8 Å². The molecule has 2 rings (SSSR count). The number of aromatic nitrogens is 1. The molecule has 1 heterocycles. The van der Waals surface area contributed by atoms with Crippen LogP contribution in [0.25, 0.3) is 0 Å². The summed E-state index contributed by atoms with van der Waals surface area (Å²) in [7, 11) is 0. The molecule has 0 aliphatic heterocycles. The van der Waals surface area contributed by atoms with Gasteiger partial charge in [-0.3, -0.25) is 4.98 Å². The largest absolute Gasteiger partial charge is 0.382 e. The first kappa shape index (κ1) is 9.01. The number of nitrogens with one attached hydrogen (secondary N) is 1. The van der Waals surface area contributed by atoms with E-state index in [9.17, 15) is 0 Å². The topological polar surface area (TPSA) is 48.7 Å². The first-order valence-electron chi connectivity index (χ1n) is 4.88. The summed E-state index contributed by atoms with van der Waals surface area (Å²) in [6, 6.07) is 6.62. The SMILES string of the molecule is CC1CC1Nc1ccnc(CC#N)c1. The smallest absolute Gasteiger partial charge is 0.0775 e. The minimum Gasteiger partial charge on any atom is -0.382 e. The lowest BCUT2D eigenvalue weighted by Crippen LogP contribution is -2.04. The summed E-state index contributed by atoms with van der Waals surface area (Å²) in [5.41, 5.74) is 1.92. The van der Waals surface area contributed by atoms with E-state index in [0.29, 0.717) is 12.5 Å². The van der Waals surface area contributed by atoms with Gasteiger partial charge in [-0.05, 0) is 24.5 Å². The van der Waals surface area contributed by atoms with Crippen molar-refractivity contribution < 1.29 is 0 Å². The van der Waals surface area contributed by atoms with E-state index < -0.39 is 0 Å². The third-order valence-corrected chi connectivity index (χ3v) is 2.54. The van der Waals surface area contributed by atoms with Crippen molar-refractivity contribution >= 4 is 5.69 Å². The zero-order valence-electron chi connectivity index (χ0n) is 8.20. The number of nitrogens with zero attached hydrogens (tertiary/aromatic N) is 2. The molecule has 1 aromatic rings. The third kappa shape index (κ3) is 2.02. The maximum Gasteiger partial charge on any atom is 0.0775 e. The Morgan fingerprint density at radius 2 is 2.50 bits per heavy atom. The van der Waals surface area contributed by atoms with Gasteiger partial charge in [-0.1, -0.05) is 6.92 Å². The Morgan fingerprint density at radius 1 is 1.71 bits per heavy atom. The molecule has 1 aliphatic rings. The fourth-order valence-corrected chi connectivity index (χ4v) is 1.48. The molecule has 0 saturated heterocycles. The van der Waals surface area contributed by atoms with Crippen molar-refractivity contribution in [2.24, 2.45) is 5.92 Å². The molecule has 1 aromatic heterocycles. The van der Waals surface area contributed by atoms with E-state index in [-0.39, 0.29) is 0 Å². The van der Waals surface area contributed by atoms with Gasteiger partial charge in [-0.15, -0.1) is 0 Å². The molecule has 3 heteroatoms. The predicted octanol–water partition coefficient (Wildman–Crippen LogP) is 1.97. The molecular formula is C11H13N3. The van der Waals surface area contributed by atoms with Gasteiger partial charge >= 0.3 is 0 Å². The number of nitriles is 1. The highest BCUT2D eigenvalue weighted by molar-refractivity contribution is 5.45. The van der Waals surface area contributed by atoms with Gasteiger partial charge in [-0.2, -0.15) is 5.26 Å². The second kappa shape index (κ2) is 3.67. The van der Waals surface area contributed by atoms with Crippen molar-refractivity contribution in [2.75, 3.05) is 5.32 Å². The van der Waals surface area contributed by atoms with Crippen LogP contribution in [0.3, 0.4) is 0 Å². The molecule has 0 radical (unpaired) electrons. The van der Waals surface area contributed by atoms with Crippen molar-refractivity contribution in [2.45, 2.75) is 25.8 Å². The Bertz CT molecular complexity index is 367. The number of hydrogen-bond acceptors (Lipinski definition) is 3. The van der Waals surface area contributed by atoms with Crippen molar-refractivity contribution in [1.82, 2.24) is 4.98 Å². The molecule has 14 heavy (non-hydrogen) atoms. The first-order chi connectivity index (χ1) is 6.79. The molecule has 0 aromatic carbocycles. The maximum atomic E-state index is 8.54. The Balaban J connectivity index is 2.03. The van der Waals surface area contributed by atoms with Gasteiger partial charge in [0.15, 0.2) is 0 Å². The molecular weight excluding hydrogens is 174 g/mol. The van der Waals surface area contributed by atoms with Crippen LogP contribution in [-0.4, -0.2) is 11.0 Å².